The number of sulfonamides is 1. The molecule has 1 aliphatic carbocycles. The number of benzene rings is 3. The Hall–Kier alpha value is -3.72. The highest BCUT2D eigenvalue weighted by molar-refractivity contribution is 7.92. The lowest BCUT2D eigenvalue weighted by molar-refractivity contribution is -0.139. The van der Waals surface area contributed by atoms with Gasteiger partial charge in [-0.3, -0.25) is 13.9 Å². The molecular weight excluding hydrogens is 553 g/mol. The molecule has 42 heavy (non-hydrogen) atoms. The van der Waals surface area contributed by atoms with Crippen molar-refractivity contribution in [3.05, 3.63) is 95.3 Å². The second-order valence-electron chi connectivity index (χ2n) is 11.3. The summed E-state index contributed by atoms with van der Waals surface area (Å²) in [6.45, 7) is 6.79. The van der Waals surface area contributed by atoms with Gasteiger partial charge in [0.15, 0.2) is 0 Å². The van der Waals surface area contributed by atoms with E-state index in [0.29, 0.717) is 5.69 Å². The number of nitrogens with one attached hydrogen (secondary N) is 1. The van der Waals surface area contributed by atoms with Gasteiger partial charge in [0.25, 0.3) is 10.0 Å². The lowest BCUT2D eigenvalue weighted by atomic mass is 10.0. The zero-order valence-electron chi connectivity index (χ0n) is 24.7. The Balaban J connectivity index is 1.70. The Kier molecular flexibility index (Phi) is 10.0. The number of anilines is 1. The maximum Gasteiger partial charge on any atom is 0.264 e. The standard InChI is InChI=1S/C33H40FN3O4S/c1-23(2)26-15-17-29(18-16-26)37(42(40,41)30-19-13-24(3)14-20-30)22-32(38)36(21-27-9-5-8-12-31(27)34)25(4)33(39)35-28-10-6-7-11-28/h5,8-9,12-20,23,25,28H,6-7,10-11,21-22H2,1-4H3,(H,35,39)/t25-/m1/s1. The van der Waals surface area contributed by atoms with Crippen molar-refractivity contribution in [1.29, 1.82) is 0 Å². The summed E-state index contributed by atoms with van der Waals surface area (Å²) in [5.41, 5.74) is 2.48. The molecule has 0 spiro atoms. The molecule has 0 heterocycles. The quantitative estimate of drug-likeness (QED) is 0.299. The molecule has 7 nitrogen and oxygen atoms in total. The summed E-state index contributed by atoms with van der Waals surface area (Å²) in [4.78, 5) is 28.7. The average molecular weight is 594 g/mol. The van der Waals surface area contributed by atoms with Crippen LogP contribution in [0, 0.1) is 12.7 Å². The van der Waals surface area contributed by atoms with E-state index in [1.54, 1.807) is 49.4 Å². The van der Waals surface area contributed by atoms with Crippen LogP contribution in [-0.4, -0.2) is 43.8 Å². The summed E-state index contributed by atoms with van der Waals surface area (Å²) in [6, 6.07) is 18.6. The van der Waals surface area contributed by atoms with Crippen LogP contribution >= 0.6 is 0 Å². The van der Waals surface area contributed by atoms with Crippen LogP contribution in [0.1, 0.15) is 69.1 Å². The van der Waals surface area contributed by atoms with Crippen molar-refractivity contribution in [2.45, 2.75) is 82.8 Å². The number of hydrogen-bond donors (Lipinski definition) is 1. The number of nitrogens with zero attached hydrogens (tertiary/aromatic N) is 2. The predicted octanol–water partition coefficient (Wildman–Crippen LogP) is 5.93. The van der Waals surface area contributed by atoms with Crippen molar-refractivity contribution in [3.8, 4) is 0 Å². The minimum Gasteiger partial charge on any atom is -0.352 e. The maximum atomic E-state index is 14.7. The third-order valence-corrected chi connectivity index (χ3v) is 9.69. The van der Waals surface area contributed by atoms with E-state index >= 15 is 0 Å². The first-order valence-corrected chi connectivity index (χ1v) is 15.9. The van der Waals surface area contributed by atoms with Gasteiger partial charge in [-0.05, 0) is 68.5 Å². The summed E-state index contributed by atoms with van der Waals surface area (Å²) < 4.78 is 43.8. The van der Waals surface area contributed by atoms with Crippen LogP contribution in [0.15, 0.2) is 77.7 Å². The lowest BCUT2D eigenvalue weighted by Crippen LogP contribution is -2.52. The van der Waals surface area contributed by atoms with Gasteiger partial charge in [0.05, 0.1) is 10.6 Å². The molecule has 1 fully saturated rings. The fraction of sp³-hybridized carbons (Fsp3) is 0.394. The summed E-state index contributed by atoms with van der Waals surface area (Å²) in [7, 11) is -4.17. The highest BCUT2D eigenvalue weighted by Crippen LogP contribution is 2.27. The van der Waals surface area contributed by atoms with Gasteiger partial charge in [0, 0.05) is 18.2 Å². The molecule has 1 N–H and O–H groups in total. The monoisotopic (exact) mass is 593 g/mol. The summed E-state index contributed by atoms with van der Waals surface area (Å²) in [6.07, 6.45) is 3.79. The van der Waals surface area contributed by atoms with Crippen LogP contribution in [0.3, 0.4) is 0 Å². The molecule has 0 aromatic heterocycles. The second-order valence-corrected chi connectivity index (χ2v) is 13.2. The van der Waals surface area contributed by atoms with Crippen molar-refractivity contribution in [2.24, 2.45) is 0 Å². The zero-order valence-corrected chi connectivity index (χ0v) is 25.5. The van der Waals surface area contributed by atoms with E-state index in [1.165, 1.54) is 23.1 Å². The van der Waals surface area contributed by atoms with Crippen LogP contribution in [0.25, 0.3) is 0 Å². The van der Waals surface area contributed by atoms with E-state index in [0.717, 1.165) is 41.1 Å². The Bertz CT molecular complexity index is 1480. The maximum absolute atomic E-state index is 14.7. The number of carbonyl (C=O) groups is 2. The number of aryl methyl sites for hydroxylation is 1. The molecule has 4 rings (SSSR count). The first-order valence-electron chi connectivity index (χ1n) is 14.5. The normalized spacial score (nSPS) is 14.5. The topological polar surface area (TPSA) is 86.8 Å². The first kappa shape index (κ1) is 31.2. The van der Waals surface area contributed by atoms with Crippen LogP contribution in [0.5, 0.6) is 0 Å². The summed E-state index contributed by atoms with van der Waals surface area (Å²) >= 11 is 0. The minimum absolute atomic E-state index is 0.0308. The van der Waals surface area contributed by atoms with Crippen molar-refractivity contribution < 1.29 is 22.4 Å². The molecule has 1 aliphatic rings. The van der Waals surface area contributed by atoms with E-state index in [4.69, 9.17) is 0 Å². The fourth-order valence-electron chi connectivity index (χ4n) is 5.18. The molecule has 224 valence electrons. The van der Waals surface area contributed by atoms with Crippen LogP contribution in [0.4, 0.5) is 10.1 Å². The number of rotatable bonds is 11. The molecule has 1 atom stereocenters. The smallest absolute Gasteiger partial charge is 0.264 e. The largest absolute Gasteiger partial charge is 0.352 e. The van der Waals surface area contributed by atoms with Gasteiger partial charge in [-0.2, -0.15) is 0 Å². The third kappa shape index (κ3) is 7.37. The van der Waals surface area contributed by atoms with E-state index < -0.39 is 34.3 Å². The molecule has 0 saturated heterocycles. The average Bonchev–Trinajstić information content (AvgIpc) is 3.48. The first-order chi connectivity index (χ1) is 20.0. The summed E-state index contributed by atoms with van der Waals surface area (Å²) in [5, 5.41) is 3.02. The number of amides is 2. The molecule has 3 aromatic rings. The molecule has 0 unspecified atom stereocenters. The Labute approximate surface area is 248 Å². The molecule has 2 amide bonds. The van der Waals surface area contributed by atoms with Crippen LogP contribution < -0.4 is 9.62 Å². The molecule has 0 radical (unpaired) electrons. The van der Waals surface area contributed by atoms with Gasteiger partial charge in [0.2, 0.25) is 11.8 Å². The molecule has 1 saturated carbocycles. The van der Waals surface area contributed by atoms with Crippen molar-refractivity contribution in [2.75, 3.05) is 10.8 Å². The van der Waals surface area contributed by atoms with Gasteiger partial charge in [-0.1, -0.05) is 74.7 Å². The third-order valence-electron chi connectivity index (χ3n) is 7.90. The molecule has 9 heteroatoms. The van der Waals surface area contributed by atoms with Crippen molar-refractivity contribution in [3.63, 3.8) is 0 Å². The molecule has 0 aliphatic heterocycles. The van der Waals surface area contributed by atoms with Gasteiger partial charge < -0.3 is 10.2 Å². The van der Waals surface area contributed by atoms with Gasteiger partial charge in [-0.15, -0.1) is 0 Å². The second kappa shape index (κ2) is 13.5. The highest BCUT2D eigenvalue weighted by atomic mass is 32.2. The minimum atomic E-state index is -4.17. The van der Waals surface area contributed by atoms with Crippen LogP contribution in [0.2, 0.25) is 0 Å². The zero-order chi connectivity index (χ0) is 30.4. The van der Waals surface area contributed by atoms with E-state index in [1.807, 2.05) is 32.9 Å². The number of halogens is 1. The lowest BCUT2D eigenvalue weighted by Gasteiger charge is -2.32. The van der Waals surface area contributed by atoms with E-state index in [9.17, 15) is 22.4 Å². The molecular formula is C33H40FN3O4S. The Morgan fingerprint density at radius 1 is 0.929 bits per heavy atom. The van der Waals surface area contributed by atoms with E-state index in [2.05, 4.69) is 5.32 Å². The van der Waals surface area contributed by atoms with Crippen molar-refractivity contribution >= 4 is 27.5 Å². The highest BCUT2D eigenvalue weighted by Gasteiger charge is 2.33. The van der Waals surface area contributed by atoms with Gasteiger partial charge >= 0.3 is 0 Å². The SMILES string of the molecule is Cc1ccc(S(=O)(=O)N(CC(=O)N(Cc2ccccc2F)[C@H](C)C(=O)NC2CCCC2)c2ccc(C(C)C)cc2)cc1. The molecule has 0 bridgehead atoms. The predicted molar refractivity (Wildman–Crippen MR) is 163 cm³/mol. The Morgan fingerprint density at radius 2 is 1.55 bits per heavy atom. The van der Waals surface area contributed by atoms with Gasteiger partial charge in [0.1, 0.15) is 18.4 Å². The molecule has 3 aromatic carbocycles. The van der Waals surface area contributed by atoms with Crippen LogP contribution in [-0.2, 0) is 26.2 Å². The number of carbonyl (C=O) groups excluding carboxylic acids is 2. The fourth-order valence-corrected chi connectivity index (χ4v) is 6.59. The van der Waals surface area contributed by atoms with E-state index in [-0.39, 0.29) is 34.9 Å². The Morgan fingerprint density at radius 3 is 2.14 bits per heavy atom. The summed E-state index contributed by atoms with van der Waals surface area (Å²) in [5.74, 6) is -1.23. The van der Waals surface area contributed by atoms with Gasteiger partial charge in [-0.25, -0.2) is 12.8 Å². The van der Waals surface area contributed by atoms with Crippen molar-refractivity contribution in [1.82, 2.24) is 10.2 Å². The number of hydrogen-bond acceptors (Lipinski definition) is 4.